The molecule has 4 heteroatoms. The standard InChI is InChI=1S/C12H12N2O2/c1-9-2-3-12(7-14-9)16-11-4-5-13-10(6-11)8-15/h2-7,15H,8H2,1H3. The van der Waals surface area contributed by atoms with Crippen LogP contribution in [0.4, 0.5) is 0 Å². The molecule has 2 heterocycles. The van der Waals surface area contributed by atoms with Gasteiger partial charge in [0, 0.05) is 18.0 Å². The molecule has 82 valence electrons. The van der Waals surface area contributed by atoms with Crippen molar-refractivity contribution in [1.29, 1.82) is 0 Å². The number of aryl methyl sites for hydroxylation is 1. The van der Waals surface area contributed by atoms with Gasteiger partial charge in [-0.2, -0.15) is 0 Å². The Balaban J connectivity index is 2.16. The van der Waals surface area contributed by atoms with E-state index in [-0.39, 0.29) is 6.61 Å². The van der Waals surface area contributed by atoms with E-state index in [2.05, 4.69) is 9.97 Å². The average Bonchev–Trinajstić information content (AvgIpc) is 2.32. The summed E-state index contributed by atoms with van der Waals surface area (Å²) >= 11 is 0. The Morgan fingerprint density at radius 3 is 2.75 bits per heavy atom. The average molecular weight is 216 g/mol. The van der Waals surface area contributed by atoms with Gasteiger partial charge >= 0.3 is 0 Å². The number of aromatic nitrogens is 2. The van der Waals surface area contributed by atoms with Gasteiger partial charge < -0.3 is 9.84 Å². The summed E-state index contributed by atoms with van der Waals surface area (Å²) in [5.74, 6) is 1.31. The number of pyridine rings is 2. The van der Waals surface area contributed by atoms with Gasteiger partial charge in [-0.1, -0.05) is 0 Å². The third kappa shape index (κ3) is 2.55. The summed E-state index contributed by atoms with van der Waals surface area (Å²) in [6.45, 7) is 1.82. The van der Waals surface area contributed by atoms with E-state index in [1.165, 1.54) is 0 Å². The summed E-state index contributed by atoms with van der Waals surface area (Å²) in [4.78, 5) is 8.10. The first-order valence-electron chi connectivity index (χ1n) is 4.94. The van der Waals surface area contributed by atoms with E-state index < -0.39 is 0 Å². The highest BCUT2D eigenvalue weighted by Gasteiger charge is 1.99. The third-order valence-corrected chi connectivity index (χ3v) is 2.07. The van der Waals surface area contributed by atoms with Crippen molar-refractivity contribution in [3.8, 4) is 11.5 Å². The zero-order chi connectivity index (χ0) is 11.4. The van der Waals surface area contributed by atoms with E-state index in [4.69, 9.17) is 9.84 Å². The molecule has 0 saturated heterocycles. The topological polar surface area (TPSA) is 55.2 Å². The zero-order valence-electron chi connectivity index (χ0n) is 8.92. The normalized spacial score (nSPS) is 10.1. The molecule has 0 spiro atoms. The Labute approximate surface area is 93.6 Å². The van der Waals surface area contributed by atoms with Crippen LogP contribution in [0.15, 0.2) is 36.7 Å². The molecule has 0 unspecified atom stereocenters. The van der Waals surface area contributed by atoms with E-state index in [9.17, 15) is 0 Å². The second-order valence-electron chi connectivity index (χ2n) is 3.38. The fraction of sp³-hybridized carbons (Fsp3) is 0.167. The smallest absolute Gasteiger partial charge is 0.145 e. The molecule has 0 radical (unpaired) electrons. The predicted molar refractivity (Wildman–Crippen MR) is 59.2 cm³/mol. The van der Waals surface area contributed by atoms with E-state index in [0.717, 1.165) is 5.69 Å². The van der Waals surface area contributed by atoms with Gasteiger partial charge in [-0.15, -0.1) is 0 Å². The van der Waals surface area contributed by atoms with Crippen LogP contribution in [0.25, 0.3) is 0 Å². The SMILES string of the molecule is Cc1ccc(Oc2ccnc(CO)c2)cn1. The van der Waals surface area contributed by atoms with Crippen LogP contribution in [0.1, 0.15) is 11.4 Å². The summed E-state index contributed by atoms with van der Waals surface area (Å²) in [6, 6.07) is 7.16. The number of rotatable bonds is 3. The largest absolute Gasteiger partial charge is 0.456 e. The summed E-state index contributed by atoms with van der Waals surface area (Å²) in [5.41, 5.74) is 1.52. The molecule has 4 nitrogen and oxygen atoms in total. The second kappa shape index (κ2) is 4.72. The minimum absolute atomic E-state index is 0.0939. The van der Waals surface area contributed by atoms with Crippen LogP contribution in [0.2, 0.25) is 0 Å². The van der Waals surface area contributed by atoms with Crippen LogP contribution in [0, 0.1) is 6.92 Å². The molecule has 2 rings (SSSR count). The van der Waals surface area contributed by atoms with Crippen LogP contribution < -0.4 is 4.74 Å². The lowest BCUT2D eigenvalue weighted by Crippen LogP contribution is -1.91. The van der Waals surface area contributed by atoms with Gasteiger partial charge in [0.2, 0.25) is 0 Å². The van der Waals surface area contributed by atoms with Crippen LogP contribution in [-0.2, 0) is 6.61 Å². The highest BCUT2D eigenvalue weighted by atomic mass is 16.5. The highest BCUT2D eigenvalue weighted by Crippen LogP contribution is 2.20. The van der Waals surface area contributed by atoms with Gasteiger partial charge in [0.1, 0.15) is 11.5 Å². The van der Waals surface area contributed by atoms with E-state index in [1.807, 2.05) is 19.1 Å². The number of nitrogens with zero attached hydrogens (tertiary/aromatic N) is 2. The van der Waals surface area contributed by atoms with Crippen LogP contribution in [0.3, 0.4) is 0 Å². The molecular weight excluding hydrogens is 204 g/mol. The number of aliphatic hydroxyl groups is 1. The van der Waals surface area contributed by atoms with Gasteiger partial charge in [0.25, 0.3) is 0 Å². The first kappa shape index (κ1) is 10.6. The van der Waals surface area contributed by atoms with E-state index >= 15 is 0 Å². The molecule has 0 saturated carbocycles. The van der Waals surface area contributed by atoms with E-state index in [0.29, 0.717) is 17.2 Å². The molecule has 0 aliphatic rings. The van der Waals surface area contributed by atoms with Gasteiger partial charge in [-0.25, -0.2) is 0 Å². The molecule has 0 aliphatic carbocycles. The lowest BCUT2D eigenvalue weighted by Gasteiger charge is -2.05. The van der Waals surface area contributed by atoms with Gasteiger partial charge in [0.15, 0.2) is 0 Å². The Morgan fingerprint density at radius 1 is 1.19 bits per heavy atom. The minimum Gasteiger partial charge on any atom is -0.456 e. The second-order valence-corrected chi connectivity index (χ2v) is 3.38. The number of hydrogen-bond donors (Lipinski definition) is 1. The van der Waals surface area contributed by atoms with Crippen LogP contribution in [-0.4, -0.2) is 15.1 Å². The van der Waals surface area contributed by atoms with Crippen molar-refractivity contribution < 1.29 is 9.84 Å². The molecule has 2 aromatic rings. The lowest BCUT2D eigenvalue weighted by molar-refractivity contribution is 0.276. The van der Waals surface area contributed by atoms with Crippen molar-refractivity contribution in [1.82, 2.24) is 9.97 Å². The minimum atomic E-state index is -0.0939. The molecule has 0 amide bonds. The predicted octanol–water partition coefficient (Wildman–Crippen LogP) is 2.07. The van der Waals surface area contributed by atoms with Gasteiger partial charge in [0.05, 0.1) is 18.5 Å². The maximum absolute atomic E-state index is 8.93. The summed E-state index contributed by atoms with van der Waals surface area (Å²) in [7, 11) is 0. The van der Waals surface area contributed by atoms with Gasteiger partial charge in [-0.05, 0) is 25.1 Å². The molecule has 0 aromatic carbocycles. The van der Waals surface area contributed by atoms with Crippen molar-refractivity contribution >= 4 is 0 Å². The Hall–Kier alpha value is -1.94. The number of aliphatic hydroxyl groups excluding tert-OH is 1. The highest BCUT2D eigenvalue weighted by molar-refractivity contribution is 5.29. The Bertz CT molecular complexity index is 469. The van der Waals surface area contributed by atoms with E-state index in [1.54, 1.807) is 24.5 Å². The summed E-state index contributed by atoms with van der Waals surface area (Å²) < 4.78 is 5.56. The van der Waals surface area contributed by atoms with Gasteiger partial charge in [-0.3, -0.25) is 9.97 Å². The van der Waals surface area contributed by atoms with Crippen LogP contribution >= 0.6 is 0 Å². The number of hydrogen-bond acceptors (Lipinski definition) is 4. The summed E-state index contributed by atoms with van der Waals surface area (Å²) in [5, 5.41) is 8.93. The zero-order valence-corrected chi connectivity index (χ0v) is 8.92. The molecule has 0 bridgehead atoms. The third-order valence-electron chi connectivity index (χ3n) is 2.07. The molecule has 2 aromatic heterocycles. The maximum atomic E-state index is 8.93. The van der Waals surface area contributed by atoms with Crippen molar-refractivity contribution in [3.05, 3.63) is 48.0 Å². The molecule has 0 atom stereocenters. The number of ether oxygens (including phenoxy) is 1. The first-order chi connectivity index (χ1) is 7.78. The fourth-order valence-corrected chi connectivity index (χ4v) is 1.26. The first-order valence-corrected chi connectivity index (χ1v) is 4.94. The van der Waals surface area contributed by atoms with Crippen molar-refractivity contribution in [2.45, 2.75) is 13.5 Å². The molecule has 1 N–H and O–H groups in total. The molecule has 0 fully saturated rings. The van der Waals surface area contributed by atoms with Crippen LogP contribution in [0.5, 0.6) is 11.5 Å². The monoisotopic (exact) mass is 216 g/mol. The Morgan fingerprint density at radius 2 is 2.06 bits per heavy atom. The summed E-state index contributed by atoms with van der Waals surface area (Å²) in [6.07, 6.45) is 3.26. The quantitative estimate of drug-likeness (QED) is 0.853. The molecular formula is C12H12N2O2. The fourth-order valence-electron chi connectivity index (χ4n) is 1.26. The molecule has 0 aliphatic heterocycles. The van der Waals surface area contributed by atoms with Crippen molar-refractivity contribution in [2.24, 2.45) is 0 Å². The van der Waals surface area contributed by atoms with Crippen molar-refractivity contribution in [3.63, 3.8) is 0 Å². The lowest BCUT2D eigenvalue weighted by atomic mass is 10.3. The Kier molecular flexibility index (Phi) is 3.12. The molecule has 16 heavy (non-hydrogen) atoms. The van der Waals surface area contributed by atoms with Crippen molar-refractivity contribution in [2.75, 3.05) is 0 Å². The maximum Gasteiger partial charge on any atom is 0.145 e.